The highest BCUT2D eigenvalue weighted by molar-refractivity contribution is 5.45. The van der Waals surface area contributed by atoms with E-state index >= 15 is 0 Å². The molecule has 0 heterocycles. The highest BCUT2D eigenvalue weighted by Crippen LogP contribution is 2.16. The van der Waals surface area contributed by atoms with Crippen LogP contribution >= 0.6 is 0 Å². The molecule has 0 aliphatic rings. The van der Waals surface area contributed by atoms with Crippen molar-refractivity contribution < 1.29 is 0 Å². The molecule has 0 spiro atoms. The summed E-state index contributed by atoms with van der Waals surface area (Å²) in [7, 11) is 0. The fourth-order valence-electron chi connectivity index (χ4n) is 1.90. The summed E-state index contributed by atoms with van der Waals surface area (Å²) in [6, 6.07) is 10.0. The molecule has 1 rings (SSSR count). The summed E-state index contributed by atoms with van der Waals surface area (Å²) in [5.74, 6) is 0.936. The van der Waals surface area contributed by atoms with Crippen molar-refractivity contribution in [1.29, 1.82) is 0 Å². The van der Waals surface area contributed by atoms with E-state index in [9.17, 15) is 0 Å². The second-order valence-electron chi connectivity index (χ2n) is 4.84. The molecule has 0 amide bonds. The molecule has 0 nitrogen and oxygen atoms in total. The smallest absolute Gasteiger partial charge is 0.0263 e. The molecule has 0 radical (unpaired) electrons. The second kappa shape index (κ2) is 13.1. The molecule has 1 unspecified atom stereocenters. The van der Waals surface area contributed by atoms with Gasteiger partial charge in [0.1, 0.15) is 0 Å². The van der Waals surface area contributed by atoms with Gasteiger partial charge in [-0.15, -0.1) is 0 Å². The van der Waals surface area contributed by atoms with Crippen LogP contribution in [0.15, 0.2) is 49.1 Å². The van der Waals surface area contributed by atoms with Crippen LogP contribution in [-0.4, -0.2) is 0 Å². The third-order valence-electron chi connectivity index (χ3n) is 3.28. The Kier molecular flexibility index (Phi) is 12.2. The standard InChI is InChI=1S/C11H22.C8H8/c1-4-7-9-11(6-3)10-8-5-2;1-2-8-6-4-3-5-7-8/h4,7,11H,5-6,8-10H2,1-3H3;2-7H,1H2. The Labute approximate surface area is 120 Å². The Balaban J connectivity index is 0.000000356. The van der Waals surface area contributed by atoms with Crippen LogP contribution in [0.2, 0.25) is 0 Å². The molecule has 1 aromatic carbocycles. The molecule has 0 saturated heterocycles. The predicted octanol–water partition coefficient (Wildman–Crippen LogP) is 6.50. The molecule has 0 N–H and O–H groups in total. The molecule has 0 fully saturated rings. The average molecular weight is 258 g/mol. The van der Waals surface area contributed by atoms with E-state index in [1.807, 2.05) is 36.4 Å². The molecule has 0 saturated carbocycles. The number of hydrogen-bond donors (Lipinski definition) is 0. The minimum Gasteiger partial charge on any atom is -0.0985 e. The summed E-state index contributed by atoms with van der Waals surface area (Å²) < 4.78 is 0. The van der Waals surface area contributed by atoms with Gasteiger partial charge in [-0.2, -0.15) is 0 Å². The Morgan fingerprint density at radius 1 is 1.16 bits per heavy atom. The second-order valence-corrected chi connectivity index (χ2v) is 4.84. The molecule has 0 heteroatoms. The zero-order chi connectivity index (χ0) is 14.3. The van der Waals surface area contributed by atoms with E-state index in [0.29, 0.717) is 0 Å². The first-order valence-corrected chi connectivity index (χ1v) is 7.57. The fourth-order valence-corrected chi connectivity index (χ4v) is 1.90. The highest BCUT2D eigenvalue weighted by atomic mass is 14.1. The third-order valence-corrected chi connectivity index (χ3v) is 3.28. The van der Waals surface area contributed by atoms with Gasteiger partial charge in [-0.25, -0.2) is 0 Å². The highest BCUT2D eigenvalue weighted by Gasteiger charge is 2.01. The lowest BCUT2D eigenvalue weighted by molar-refractivity contribution is 0.456. The maximum Gasteiger partial charge on any atom is -0.0263 e. The molecule has 106 valence electrons. The van der Waals surface area contributed by atoms with E-state index in [1.165, 1.54) is 37.7 Å². The van der Waals surface area contributed by atoms with Gasteiger partial charge in [0.15, 0.2) is 0 Å². The van der Waals surface area contributed by atoms with E-state index in [4.69, 9.17) is 0 Å². The largest absolute Gasteiger partial charge is 0.0985 e. The monoisotopic (exact) mass is 258 g/mol. The van der Waals surface area contributed by atoms with Crippen LogP contribution in [0.25, 0.3) is 6.08 Å². The first-order valence-electron chi connectivity index (χ1n) is 7.57. The van der Waals surface area contributed by atoms with Crippen LogP contribution in [0.1, 0.15) is 58.4 Å². The van der Waals surface area contributed by atoms with Crippen molar-refractivity contribution >= 4 is 6.08 Å². The lowest BCUT2D eigenvalue weighted by atomic mass is 9.96. The van der Waals surface area contributed by atoms with Crippen LogP contribution in [0.4, 0.5) is 0 Å². The minimum atomic E-state index is 0.936. The van der Waals surface area contributed by atoms with Crippen molar-refractivity contribution in [1.82, 2.24) is 0 Å². The Hall–Kier alpha value is -1.30. The molecule has 19 heavy (non-hydrogen) atoms. The number of hydrogen-bond acceptors (Lipinski definition) is 0. The summed E-state index contributed by atoms with van der Waals surface area (Å²) in [6.07, 6.45) is 13.1. The van der Waals surface area contributed by atoms with Crippen molar-refractivity contribution in [2.45, 2.75) is 52.9 Å². The Morgan fingerprint density at radius 2 is 1.84 bits per heavy atom. The van der Waals surface area contributed by atoms with Crippen LogP contribution in [0.3, 0.4) is 0 Å². The lowest BCUT2D eigenvalue weighted by Gasteiger charge is -2.10. The van der Waals surface area contributed by atoms with Gasteiger partial charge in [0.05, 0.1) is 0 Å². The summed E-state index contributed by atoms with van der Waals surface area (Å²) in [4.78, 5) is 0. The summed E-state index contributed by atoms with van der Waals surface area (Å²) in [6.45, 7) is 10.3. The van der Waals surface area contributed by atoms with Gasteiger partial charge < -0.3 is 0 Å². The molecule has 0 bridgehead atoms. The SMILES string of the molecule is C=Cc1ccccc1.CC=CCC(CC)CCCC. The molecule has 1 atom stereocenters. The topological polar surface area (TPSA) is 0 Å². The molecular weight excluding hydrogens is 228 g/mol. The first kappa shape index (κ1) is 17.7. The first-order chi connectivity index (χ1) is 9.28. The van der Waals surface area contributed by atoms with Crippen molar-refractivity contribution in [2.24, 2.45) is 5.92 Å². The molecule has 0 aliphatic heterocycles. The lowest BCUT2D eigenvalue weighted by Crippen LogP contribution is -1.96. The fraction of sp³-hybridized carbons (Fsp3) is 0.474. The Bertz CT molecular complexity index is 321. The minimum absolute atomic E-state index is 0.936. The quantitative estimate of drug-likeness (QED) is 0.490. The van der Waals surface area contributed by atoms with Crippen molar-refractivity contribution in [2.75, 3.05) is 0 Å². The van der Waals surface area contributed by atoms with Crippen molar-refractivity contribution in [3.8, 4) is 0 Å². The zero-order valence-corrected chi connectivity index (χ0v) is 12.9. The normalized spacial score (nSPS) is 11.7. The Morgan fingerprint density at radius 3 is 2.26 bits per heavy atom. The number of benzene rings is 1. The van der Waals surface area contributed by atoms with Crippen LogP contribution in [-0.2, 0) is 0 Å². The van der Waals surface area contributed by atoms with Gasteiger partial charge in [0, 0.05) is 0 Å². The molecule has 1 aromatic rings. The summed E-state index contributed by atoms with van der Waals surface area (Å²) >= 11 is 0. The van der Waals surface area contributed by atoms with Gasteiger partial charge in [-0.05, 0) is 24.8 Å². The number of unbranched alkanes of at least 4 members (excludes halogenated alkanes) is 1. The van der Waals surface area contributed by atoms with Crippen LogP contribution in [0.5, 0.6) is 0 Å². The summed E-state index contributed by atoms with van der Waals surface area (Å²) in [5.41, 5.74) is 1.17. The van der Waals surface area contributed by atoms with Crippen LogP contribution in [0, 0.1) is 5.92 Å². The summed E-state index contributed by atoms with van der Waals surface area (Å²) in [5, 5.41) is 0. The zero-order valence-electron chi connectivity index (χ0n) is 12.9. The predicted molar refractivity (Wildman–Crippen MR) is 89.3 cm³/mol. The van der Waals surface area contributed by atoms with Crippen molar-refractivity contribution in [3.05, 3.63) is 54.6 Å². The van der Waals surface area contributed by atoms with Crippen molar-refractivity contribution in [3.63, 3.8) is 0 Å². The molecule has 0 aromatic heterocycles. The average Bonchev–Trinajstić information content (AvgIpc) is 2.49. The number of allylic oxidation sites excluding steroid dienone is 2. The van der Waals surface area contributed by atoms with Gasteiger partial charge in [0.2, 0.25) is 0 Å². The van der Waals surface area contributed by atoms with E-state index in [1.54, 1.807) is 0 Å². The maximum atomic E-state index is 3.63. The van der Waals surface area contributed by atoms with Gasteiger partial charge >= 0.3 is 0 Å². The molecule has 0 aliphatic carbocycles. The van der Waals surface area contributed by atoms with E-state index in [2.05, 4.69) is 39.5 Å². The van der Waals surface area contributed by atoms with E-state index < -0.39 is 0 Å². The van der Waals surface area contributed by atoms with Gasteiger partial charge in [-0.3, -0.25) is 0 Å². The van der Waals surface area contributed by atoms with E-state index in [0.717, 1.165) is 5.92 Å². The van der Waals surface area contributed by atoms with Crippen LogP contribution < -0.4 is 0 Å². The van der Waals surface area contributed by atoms with Gasteiger partial charge in [0.25, 0.3) is 0 Å². The van der Waals surface area contributed by atoms with Gasteiger partial charge in [-0.1, -0.05) is 94.7 Å². The third kappa shape index (κ3) is 10.3. The molecular formula is C19H30. The maximum absolute atomic E-state index is 3.63. The van der Waals surface area contributed by atoms with E-state index in [-0.39, 0.29) is 0 Å². The number of rotatable bonds is 7.